The van der Waals surface area contributed by atoms with Crippen molar-refractivity contribution < 1.29 is 9.47 Å². The number of thioether (sulfide) groups is 2. The van der Waals surface area contributed by atoms with Crippen LogP contribution in [0.2, 0.25) is 0 Å². The van der Waals surface area contributed by atoms with Crippen LogP contribution in [0.1, 0.15) is 37.2 Å². The fourth-order valence-electron chi connectivity index (χ4n) is 3.97. The Bertz CT molecular complexity index is 862. The zero-order valence-corrected chi connectivity index (χ0v) is 19.6. The second-order valence-electron chi connectivity index (χ2n) is 7.28. The van der Waals surface area contributed by atoms with Crippen LogP contribution in [-0.4, -0.2) is 39.3 Å². The third kappa shape index (κ3) is 5.61. The van der Waals surface area contributed by atoms with Gasteiger partial charge in [-0.25, -0.2) is 0 Å². The Balaban J connectivity index is 1.73. The van der Waals surface area contributed by atoms with Gasteiger partial charge < -0.3 is 9.47 Å². The SMILES string of the molecule is C=Nc1cc(OC)c(OC)cc1SC/N=C/C(c1ccc(SC)cc1)C1CCCC1. The van der Waals surface area contributed by atoms with Crippen LogP contribution in [0.3, 0.4) is 0 Å². The lowest BCUT2D eigenvalue weighted by molar-refractivity contribution is 0.354. The first kappa shape index (κ1) is 22.8. The van der Waals surface area contributed by atoms with E-state index < -0.39 is 0 Å². The fraction of sp³-hybridized carbons (Fsp3) is 0.417. The first-order chi connectivity index (χ1) is 14.7. The van der Waals surface area contributed by atoms with E-state index >= 15 is 0 Å². The summed E-state index contributed by atoms with van der Waals surface area (Å²) in [7, 11) is 3.26. The average Bonchev–Trinajstić information content (AvgIpc) is 3.33. The van der Waals surface area contributed by atoms with E-state index in [1.165, 1.54) is 36.1 Å². The molecule has 0 aliphatic heterocycles. The number of hydrogen-bond donors (Lipinski definition) is 0. The van der Waals surface area contributed by atoms with Gasteiger partial charge in [-0.1, -0.05) is 36.7 Å². The summed E-state index contributed by atoms with van der Waals surface area (Å²) in [5, 5.41) is 0. The lowest BCUT2D eigenvalue weighted by atomic mass is 9.86. The van der Waals surface area contributed by atoms with Crippen LogP contribution in [0.5, 0.6) is 11.5 Å². The molecule has 1 unspecified atom stereocenters. The molecule has 0 heterocycles. The molecule has 6 heteroatoms. The van der Waals surface area contributed by atoms with E-state index in [2.05, 4.69) is 48.4 Å². The zero-order chi connectivity index (χ0) is 21.3. The summed E-state index contributed by atoms with van der Waals surface area (Å²) in [4.78, 5) is 11.2. The van der Waals surface area contributed by atoms with Crippen molar-refractivity contribution in [3.05, 3.63) is 42.0 Å². The van der Waals surface area contributed by atoms with Gasteiger partial charge in [-0.2, -0.15) is 0 Å². The Hall–Kier alpha value is -1.92. The molecule has 0 amide bonds. The lowest BCUT2D eigenvalue weighted by Gasteiger charge is -2.20. The summed E-state index contributed by atoms with van der Waals surface area (Å²) in [6, 6.07) is 12.8. The van der Waals surface area contributed by atoms with Crippen molar-refractivity contribution in [3.8, 4) is 11.5 Å². The van der Waals surface area contributed by atoms with E-state index in [4.69, 9.17) is 14.5 Å². The molecule has 30 heavy (non-hydrogen) atoms. The molecule has 160 valence electrons. The van der Waals surface area contributed by atoms with Crippen molar-refractivity contribution in [2.45, 2.75) is 41.4 Å². The first-order valence-electron chi connectivity index (χ1n) is 10.2. The van der Waals surface area contributed by atoms with Crippen LogP contribution in [0.15, 0.2) is 56.2 Å². The van der Waals surface area contributed by atoms with Gasteiger partial charge in [0.15, 0.2) is 11.5 Å². The highest BCUT2D eigenvalue weighted by atomic mass is 32.2. The van der Waals surface area contributed by atoms with Gasteiger partial charge in [0.25, 0.3) is 0 Å². The molecular weight excluding hydrogens is 412 g/mol. The van der Waals surface area contributed by atoms with Crippen molar-refractivity contribution in [2.24, 2.45) is 15.9 Å². The van der Waals surface area contributed by atoms with Gasteiger partial charge in [0.05, 0.1) is 25.8 Å². The minimum absolute atomic E-state index is 0.381. The Morgan fingerprint density at radius 2 is 1.77 bits per heavy atom. The van der Waals surface area contributed by atoms with Crippen LogP contribution < -0.4 is 9.47 Å². The van der Waals surface area contributed by atoms with E-state index in [0.717, 1.165) is 10.6 Å². The van der Waals surface area contributed by atoms with E-state index in [9.17, 15) is 0 Å². The zero-order valence-electron chi connectivity index (χ0n) is 18.0. The standard InChI is InChI=1S/C24H30N2O2S2/c1-25-21-13-22(27-2)23(28-3)14-24(21)30-16-26-15-20(17-7-5-6-8-17)18-9-11-19(29-4)12-10-18/h9-15,17,20H,1,5-8,16H2,2-4H3/b26-15+. The molecule has 0 bridgehead atoms. The maximum absolute atomic E-state index is 5.42. The Kier molecular flexibility index (Phi) is 8.70. The van der Waals surface area contributed by atoms with E-state index in [1.807, 2.05) is 12.1 Å². The Morgan fingerprint density at radius 3 is 2.37 bits per heavy atom. The molecule has 1 fully saturated rings. The minimum Gasteiger partial charge on any atom is -0.493 e. The normalized spacial score (nSPS) is 15.4. The van der Waals surface area contributed by atoms with Gasteiger partial charge in [0.1, 0.15) is 0 Å². The number of aliphatic imine (C=N–C) groups is 2. The molecule has 2 aromatic carbocycles. The van der Waals surface area contributed by atoms with Gasteiger partial charge in [-0.3, -0.25) is 9.98 Å². The molecule has 2 aromatic rings. The molecule has 0 radical (unpaired) electrons. The summed E-state index contributed by atoms with van der Waals surface area (Å²) in [5.41, 5.74) is 2.15. The number of hydrogen-bond acceptors (Lipinski definition) is 6. The predicted octanol–water partition coefficient (Wildman–Crippen LogP) is 6.85. The van der Waals surface area contributed by atoms with Crippen LogP contribution in [0.25, 0.3) is 0 Å². The van der Waals surface area contributed by atoms with Gasteiger partial charge >= 0.3 is 0 Å². The van der Waals surface area contributed by atoms with Gasteiger partial charge in [0, 0.05) is 28.0 Å². The van der Waals surface area contributed by atoms with Crippen LogP contribution in [0, 0.1) is 5.92 Å². The third-order valence-corrected chi connectivity index (χ3v) is 7.26. The third-order valence-electron chi connectivity index (χ3n) is 5.60. The summed E-state index contributed by atoms with van der Waals surface area (Å²) >= 11 is 3.42. The molecule has 0 N–H and O–H groups in total. The van der Waals surface area contributed by atoms with Crippen molar-refractivity contribution in [3.63, 3.8) is 0 Å². The van der Waals surface area contributed by atoms with Crippen molar-refractivity contribution >= 4 is 42.1 Å². The number of nitrogens with zero attached hydrogens (tertiary/aromatic N) is 2. The maximum atomic E-state index is 5.42. The van der Waals surface area contributed by atoms with Crippen molar-refractivity contribution in [1.82, 2.24) is 0 Å². The number of rotatable bonds is 10. The number of methoxy groups -OCH3 is 2. The Morgan fingerprint density at radius 1 is 1.10 bits per heavy atom. The fourth-order valence-corrected chi connectivity index (χ4v) is 5.14. The lowest BCUT2D eigenvalue weighted by Crippen LogP contribution is -2.11. The topological polar surface area (TPSA) is 43.2 Å². The summed E-state index contributed by atoms with van der Waals surface area (Å²) in [5.74, 6) is 3.04. The molecule has 4 nitrogen and oxygen atoms in total. The number of ether oxygens (including phenoxy) is 2. The highest BCUT2D eigenvalue weighted by Gasteiger charge is 2.25. The molecule has 1 atom stereocenters. The van der Waals surface area contributed by atoms with E-state index in [1.54, 1.807) is 37.7 Å². The minimum atomic E-state index is 0.381. The van der Waals surface area contributed by atoms with Crippen LogP contribution in [0.4, 0.5) is 5.69 Å². The predicted molar refractivity (Wildman–Crippen MR) is 131 cm³/mol. The van der Waals surface area contributed by atoms with E-state index in [0.29, 0.717) is 29.2 Å². The van der Waals surface area contributed by atoms with Crippen LogP contribution >= 0.6 is 23.5 Å². The molecule has 1 aliphatic carbocycles. The summed E-state index contributed by atoms with van der Waals surface area (Å²) < 4.78 is 10.8. The smallest absolute Gasteiger partial charge is 0.162 e. The maximum Gasteiger partial charge on any atom is 0.162 e. The largest absolute Gasteiger partial charge is 0.493 e. The van der Waals surface area contributed by atoms with Gasteiger partial charge in [-0.05, 0) is 55.5 Å². The first-order valence-corrected chi connectivity index (χ1v) is 12.4. The second kappa shape index (κ2) is 11.5. The number of benzene rings is 2. The molecule has 0 saturated heterocycles. The van der Waals surface area contributed by atoms with Crippen LogP contribution in [-0.2, 0) is 0 Å². The van der Waals surface area contributed by atoms with Gasteiger partial charge in [0.2, 0.25) is 0 Å². The molecule has 0 spiro atoms. The quantitative estimate of drug-likeness (QED) is 0.298. The molecule has 3 rings (SSSR count). The summed E-state index contributed by atoms with van der Waals surface area (Å²) in [6.45, 7) is 3.69. The molecule has 0 aromatic heterocycles. The summed E-state index contributed by atoms with van der Waals surface area (Å²) in [6.07, 6.45) is 9.50. The van der Waals surface area contributed by atoms with Crippen molar-refractivity contribution in [2.75, 3.05) is 26.4 Å². The average molecular weight is 443 g/mol. The highest BCUT2D eigenvalue weighted by molar-refractivity contribution is 7.99. The van der Waals surface area contributed by atoms with Gasteiger partial charge in [-0.15, -0.1) is 11.8 Å². The molecular formula is C24H30N2O2S2. The van der Waals surface area contributed by atoms with E-state index in [-0.39, 0.29) is 0 Å². The molecule has 1 saturated carbocycles. The molecule has 1 aliphatic rings. The second-order valence-corrected chi connectivity index (χ2v) is 9.15. The van der Waals surface area contributed by atoms with Crippen molar-refractivity contribution in [1.29, 1.82) is 0 Å². The highest BCUT2D eigenvalue weighted by Crippen LogP contribution is 2.40. The Labute approximate surface area is 188 Å². The monoisotopic (exact) mass is 442 g/mol.